The summed E-state index contributed by atoms with van der Waals surface area (Å²) >= 11 is 13.2. The molecule has 1 saturated heterocycles. The summed E-state index contributed by atoms with van der Waals surface area (Å²) in [5.41, 5.74) is 3.74. The van der Waals surface area contributed by atoms with Crippen LogP contribution in [0.3, 0.4) is 0 Å². The summed E-state index contributed by atoms with van der Waals surface area (Å²) in [7, 11) is 5.22. The number of H-pyrrole nitrogens is 1. The highest BCUT2D eigenvalue weighted by atomic mass is 35.5. The Bertz CT molecular complexity index is 1440. The molecule has 1 fully saturated rings. The first kappa shape index (κ1) is 26.2. The average Bonchev–Trinajstić information content (AvgIpc) is 3.19. The number of fused-ring (bicyclic) bond motifs is 1. The van der Waals surface area contributed by atoms with Crippen LogP contribution in [0.1, 0.15) is 16.8 Å². The monoisotopic (exact) mass is 553 g/mol. The van der Waals surface area contributed by atoms with Gasteiger partial charge in [0.1, 0.15) is 11.5 Å². The van der Waals surface area contributed by atoms with Crippen molar-refractivity contribution in [1.29, 1.82) is 0 Å². The first-order valence-electron chi connectivity index (χ1n) is 12.3. The maximum atomic E-state index is 13.0. The topological polar surface area (TPSA) is 82.7 Å². The molecule has 8 nitrogen and oxygen atoms in total. The number of anilines is 2. The zero-order valence-corrected chi connectivity index (χ0v) is 23.0. The highest BCUT2D eigenvalue weighted by molar-refractivity contribution is 6.41. The minimum Gasteiger partial charge on any atom is -0.495 e. The number of aromatic amines is 1. The van der Waals surface area contributed by atoms with Crippen LogP contribution >= 0.6 is 23.2 Å². The van der Waals surface area contributed by atoms with Crippen molar-refractivity contribution in [3.8, 4) is 22.6 Å². The van der Waals surface area contributed by atoms with Crippen LogP contribution in [0.5, 0.6) is 11.5 Å². The summed E-state index contributed by atoms with van der Waals surface area (Å²) < 4.78 is 10.8. The van der Waals surface area contributed by atoms with Crippen LogP contribution in [0.4, 0.5) is 11.5 Å². The molecule has 1 aliphatic rings. The number of likely N-dealkylation sites (N-methyl/N-ethyl adjacent to an activating group) is 1. The third-order valence-corrected chi connectivity index (χ3v) is 7.62. The largest absolute Gasteiger partial charge is 0.495 e. The molecular formula is C28H29Cl2N5O3. The molecule has 10 heteroatoms. The Morgan fingerprint density at radius 3 is 2.34 bits per heavy atom. The zero-order valence-electron chi connectivity index (χ0n) is 21.5. The van der Waals surface area contributed by atoms with Gasteiger partial charge >= 0.3 is 0 Å². The second kappa shape index (κ2) is 11.1. The fraction of sp³-hybridized carbons (Fsp3) is 0.286. The Balaban J connectivity index is 1.36. The molecule has 1 aliphatic heterocycles. The molecule has 1 aromatic heterocycles. The van der Waals surface area contributed by atoms with E-state index < -0.39 is 0 Å². The molecule has 0 bridgehead atoms. The molecule has 4 aromatic rings. The molecule has 0 unspecified atom stereocenters. The van der Waals surface area contributed by atoms with Crippen molar-refractivity contribution in [2.24, 2.45) is 0 Å². The summed E-state index contributed by atoms with van der Waals surface area (Å²) in [5.74, 6) is 1.12. The number of hydrogen-bond acceptors (Lipinski definition) is 6. The molecule has 3 aromatic carbocycles. The summed E-state index contributed by atoms with van der Waals surface area (Å²) in [6, 6.07) is 15.0. The molecule has 38 heavy (non-hydrogen) atoms. The van der Waals surface area contributed by atoms with Crippen LogP contribution < -0.4 is 19.7 Å². The molecule has 2 N–H and O–H groups in total. The molecular weight excluding hydrogens is 525 g/mol. The number of hydrogen-bond donors (Lipinski definition) is 2. The quantitative estimate of drug-likeness (QED) is 0.307. The van der Waals surface area contributed by atoms with E-state index in [1.54, 1.807) is 6.07 Å². The minimum atomic E-state index is -0.228. The van der Waals surface area contributed by atoms with E-state index in [4.69, 9.17) is 32.7 Å². The Labute approximate surface area is 231 Å². The second-order valence-corrected chi connectivity index (χ2v) is 10.0. The smallest absolute Gasteiger partial charge is 0.256 e. The van der Waals surface area contributed by atoms with Crippen LogP contribution in [0.25, 0.3) is 22.0 Å². The highest BCUT2D eigenvalue weighted by Crippen LogP contribution is 2.46. The van der Waals surface area contributed by atoms with Crippen molar-refractivity contribution < 1.29 is 14.3 Å². The normalized spacial score (nSPS) is 14.4. The van der Waals surface area contributed by atoms with E-state index in [-0.39, 0.29) is 5.91 Å². The van der Waals surface area contributed by atoms with Gasteiger partial charge in [-0.2, -0.15) is 5.10 Å². The predicted octanol–water partition coefficient (Wildman–Crippen LogP) is 5.95. The number of halogens is 2. The second-order valence-electron chi connectivity index (χ2n) is 9.26. The third kappa shape index (κ3) is 5.12. The van der Waals surface area contributed by atoms with Gasteiger partial charge in [0.05, 0.1) is 29.8 Å². The molecule has 198 valence electrons. The van der Waals surface area contributed by atoms with Crippen molar-refractivity contribution in [2.75, 3.05) is 57.7 Å². The molecule has 0 spiro atoms. The van der Waals surface area contributed by atoms with Crippen molar-refractivity contribution >= 4 is 51.5 Å². The molecule has 0 radical (unpaired) electrons. The molecule has 0 aliphatic carbocycles. The van der Waals surface area contributed by atoms with Gasteiger partial charge in [0.2, 0.25) is 0 Å². The van der Waals surface area contributed by atoms with Gasteiger partial charge in [-0.1, -0.05) is 29.3 Å². The highest BCUT2D eigenvalue weighted by Gasteiger charge is 2.20. The first-order valence-corrected chi connectivity index (χ1v) is 13.1. The van der Waals surface area contributed by atoms with Crippen molar-refractivity contribution in [1.82, 2.24) is 15.1 Å². The summed E-state index contributed by atoms with van der Waals surface area (Å²) in [6.45, 7) is 4.11. The van der Waals surface area contributed by atoms with E-state index in [0.717, 1.165) is 49.2 Å². The minimum absolute atomic E-state index is 0.228. The van der Waals surface area contributed by atoms with Gasteiger partial charge in [-0.05, 0) is 62.0 Å². The number of carbonyl (C=O) groups excluding carboxylic acids is 1. The van der Waals surface area contributed by atoms with Gasteiger partial charge in [-0.3, -0.25) is 9.89 Å². The van der Waals surface area contributed by atoms with Crippen LogP contribution in [0.2, 0.25) is 10.0 Å². The standard InChI is InChI=1S/C28H29Cl2N5O3/c1-34-11-4-12-35(14-13-34)19-8-5-17(6-9-19)28(36)31-27-20-10-7-18(15-21(20)32-33-27)24-25(29)22(37-2)16-23(38-3)26(24)30/h5-10,15-16H,4,11-14H2,1-3H3,(H2,31,32,33,36). The van der Waals surface area contributed by atoms with Crippen LogP contribution in [-0.2, 0) is 0 Å². The number of methoxy groups -OCH3 is 2. The lowest BCUT2D eigenvalue weighted by Gasteiger charge is -2.23. The maximum Gasteiger partial charge on any atom is 0.256 e. The summed E-state index contributed by atoms with van der Waals surface area (Å²) in [6.07, 6.45) is 1.12. The Hall–Kier alpha value is -3.46. The van der Waals surface area contributed by atoms with Crippen molar-refractivity contribution in [3.63, 3.8) is 0 Å². The average molecular weight is 554 g/mol. The van der Waals surface area contributed by atoms with Gasteiger partial charge in [0.15, 0.2) is 5.82 Å². The van der Waals surface area contributed by atoms with Gasteiger partial charge in [0.25, 0.3) is 5.91 Å². The lowest BCUT2D eigenvalue weighted by Crippen LogP contribution is -2.28. The van der Waals surface area contributed by atoms with Gasteiger partial charge < -0.3 is 24.6 Å². The zero-order chi connectivity index (χ0) is 26.8. The summed E-state index contributed by atoms with van der Waals surface area (Å²) in [4.78, 5) is 17.7. The lowest BCUT2D eigenvalue weighted by molar-refractivity contribution is 0.102. The Morgan fingerprint density at radius 2 is 1.66 bits per heavy atom. The summed E-state index contributed by atoms with van der Waals surface area (Å²) in [5, 5.41) is 11.8. The molecule has 5 rings (SSSR count). The Kier molecular flexibility index (Phi) is 7.65. The Morgan fingerprint density at radius 1 is 0.947 bits per heavy atom. The van der Waals surface area contributed by atoms with E-state index in [0.29, 0.717) is 44.0 Å². The predicted molar refractivity (Wildman–Crippen MR) is 153 cm³/mol. The van der Waals surface area contributed by atoms with Crippen LogP contribution in [0, 0.1) is 0 Å². The fourth-order valence-corrected chi connectivity index (χ4v) is 5.44. The van der Waals surface area contributed by atoms with E-state index in [1.165, 1.54) is 14.2 Å². The van der Waals surface area contributed by atoms with E-state index >= 15 is 0 Å². The molecule has 1 amide bonds. The molecule has 0 atom stereocenters. The van der Waals surface area contributed by atoms with Gasteiger partial charge in [0, 0.05) is 47.9 Å². The molecule has 2 heterocycles. The van der Waals surface area contributed by atoms with Crippen LogP contribution in [-0.4, -0.2) is 68.5 Å². The SMILES string of the molecule is COc1cc(OC)c(Cl)c(-c2ccc3c(NC(=O)c4ccc(N5CCCN(C)CC5)cc4)n[nH]c3c2)c1Cl. The van der Waals surface area contributed by atoms with Gasteiger partial charge in [-0.15, -0.1) is 0 Å². The van der Waals surface area contributed by atoms with E-state index in [9.17, 15) is 4.79 Å². The van der Waals surface area contributed by atoms with Crippen molar-refractivity contribution in [3.05, 3.63) is 64.1 Å². The number of nitrogens with zero attached hydrogens (tertiary/aromatic N) is 3. The van der Waals surface area contributed by atoms with E-state index in [2.05, 4.69) is 32.4 Å². The number of benzene rings is 3. The first-order chi connectivity index (χ1) is 18.4. The number of nitrogens with one attached hydrogen (secondary N) is 2. The maximum absolute atomic E-state index is 13.0. The van der Waals surface area contributed by atoms with Gasteiger partial charge in [-0.25, -0.2) is 0 Å². The number of carbonyl (C=O) groups is 1. The fourth-order valence-electron chi connectivity index (χ4n) is 4.72. The number of rotatable bonds is 6. The molecule has 0 saturated carbocycles. The third-order valence-electron chi connectivity index (χ3n) is 6.87. The number of aromatic nitrogens is 2. The lowest BCUT2D eigenvalue weighted by atomic mass is 10.0. The van der Waals surface area contributed by atoms with Crippen molar-refractivity contribution in [2.45, 2.75) is 6.42 Å². The number of ether oxygens (including phenoxy) is 2. The van der Waals surface area contributed by atoms with E-state index in [1.807, 2.05) is 42.5 Å². The number of amides is 1. The van der Waals surface area contributed by atoms with Crippen LogP contribution in [0.15, 0.2) is 48.5 Å².